The van der Waals surface area contributed by atoms with E-state index in [4.69, 9.17) is 4.74 Å². The molecular formula is C9H11O2S2. The van der Waals surface area contributed by atoms with Crippen LogP contribution in [0.15, 0.2) is 15.1 Å². The van der Waals surface area contributed by atoms with Crippen molar-refractivity contribution in [2.45, 2.75) is 19.8 Å². The van der Waals surface area contributed by atoms with Crippen LogP contribution in [0, 0.1) is 6.08 Å². The molecule has 0 unspecified atom stereocenters. The maximum Gasteiger partial charge on any atom is 0.340 e. The van der Waals surface area contributed by atoms with Crippen LogP contribution in [0.4, 0.5) is 0 Å². The summed E-state index contributed by atoms with van der Waals surface area (Å²) in [4.78, 5) is 11.1. The third-order valence-electron chi connectivity index (χ3n) is 1.34. The largest absolute Gasteiger partial charge is 0.462 e. The summed E-state index contributed by atoms with van der Waals surface area (Å²) in [7, 11) is 0. The first-order valence-corrected chi connectivity index (χ1v) is 5.88. The molecule has 0 aromatic carbocycles. The summed E-state index contributed by atoms with van der Waals surface area (Å²) >= 11 is 2.99. The smallest absolute Gasteiger partial charge is 0.340 e. The quantitative estimate of drug-likeness (QED) is 0.409. The van der Waals surface area contributed by atoms with Gasteiger partial charge in [-0.25, -0.2) is 4.79 Å². The molecule has 0 aliphatic carbocycles. The maximum atomic E-state index is 11.1. The average molecular weight is 215 g/mol. The highest BCUT2D eigenvalue weighted by Crippen LogP contribution is 2.36. The van der Waals surface area contributed by atoms with Gasteiger partial charge in [-0.15, -0.1) is 0 Å². The summed E-state index contributed by atoms with van der Waals surface area (Å²) in [5.74, 6) is -0.354. The van der Waals surface area contributed by atoms with E-state index in [0.29, 0.717) is 6.61 Å². The minimum Gasteiger partial charge on any atom is -0.462 e. The molecule has 0 fully saturated rings. The fourth-order valence-corrected chi connectivity index (χ4v) is 2.23. The Morgan fingerprint density at radius 3 is 2.85 bits per heavy atom. The van der Waals surface area contributed by atoms with E-state index in [1.165, 1.54) is 23.5 Å². The van der Waals surface area contributed by atoms with Crippen LogP contribution in [0.1, 0.15) is 19.8 Å². The zero-order valence-corrected chi connectivity index (χ0v) is 9.04. The van der Waals surface area contributed by atoms with E-state index in [1.54, 1.807) is 0 Å². The Balaban J connectivity index is 2.20. The molecule has 0 aromatic rings. The number of esters is 1. The van der Waals surface area contributed by atoms with Crippen molar-refractivity contribution in [1.29, 1.82) is 0 Å². The van der Waals surface area contributed by atoms with Crippen molar-refractivity contribution < 1.29 is 9.53 Å². The van der Waals surface area contributed by atoms with Gasteiger partial charge in [0.15, 0.2) is 0 Å². The summed E-state index contributed by atoms with van der Waals surface area (Å²) in [6.07, 6.45) is 4.61. The summed E-state index contributed by atoms with van der Waals surface area (Å²) in [6.45, 7) is 2.56. The van der Waals surface area contributed by atoms with Gasteiger partial charge in [-0.1, -0.05) is 36.9 Å². The van der Waals surface area contributed by atoms with Gasteiger partial charge in [0, 0.05) is 0 Å². The van der Waals surface area contributed by atoms with Crippen molar-refractivity contribution in [3.63, 3.8) is 0 Å². The van der Waals surface area contributed by atoms with E-state index >= 15 is 0 Å². The lowest BCUT2D eigenvalue weighted by molar-refractivity contribution is -0.138. The molecular weight excluding hydrogens is 204 g/mol. The highest BCUT2D eigenvalue weighted by molar-refractivity contribution is 8.27. The van der Waals surface area contributed by atoms with Crippen molar-refractivity contribution in [3.05, 3.63) is 21.1 Å². The van der Waals surface area contributed by atoms with Gasteiger partial charge < -0.3 is 4.74 Å². The summed E-state index contributed by atoms with van der Waals surface area (Å²) < 4.78 is 5.78. The molecule has 0 amide bonds. The zero-order valence-electron chi connectivity index (χ0n) is 7.41. The molecule has 4 heteroatoms. The van der Waals surface area contributed by atoms with Crippen molar-refractivity contribution >= 4 is 29.5 Å². The Morgan fingerprint density at radius 2 is 2.23 bits per heavy atom. The number of hydrogen-bond donors (Lipinski definition) is 0. The van der Waals surface area contributed by atoms with Crippen molar-refractivity contribution in [1.82, 2.24) is 0 Å². The van der Waals surface area contributed by atoms with Gasteiger partial charge in [-0.3, -0.25) is 0 Å². The van der Waals surface area contributed by atoms with Crippen LogP contribution >= 0.6 is 23.5 Å². The van der Waals surface area contributed by atoms with E-state index in [-0.39, 0.29) is 5.97 Å². The Morgan fingerprint density at radius 1 is 1.54 bits per heavy atom. The normalized spacial score (nSPS) is 14.7. The monoisotopic (exact) mass is 215 g/mol. The Bertz CT molecular complexity index is 224. The van der Waals surface area contributed by atoms with E-state index < -0.39 is 0 Å². The topological polar surface area (TPSA) is 26.3 Å². The third kappa shape index (κ3) is 4.43. The van der Waals surface area contributed by atoms with Crippen LogP contribution < -0.4 is 0 Å². The molecule has 0 aromatic heterocycles. The van der Waals surface area contributed by atoms with Gasteiger partial charge >= 0.3 is 5.97 Å². The number of ether oxygens (including phenoxy) is 1. The number of unbranched alkanes of at least 4 members (excludes halogenated alkanes) is 1. The molecule has 0 bridgehead atoms. The van der Waals surface area contributed by atoms with Gasteiger partial charge in [-0.05, 0) is 17.2 Å². The minimum atomic E-state index is -0.354. The number of carbonyl (C=O) groups is 1. The van der Waals surface area contributed by atoms with Gasteiger partial charge in [0.1, 0.15) is 0 Å². The van der Waals surface area contributed by atoms with Crippen LogP contribution in [0.3, 0.4) is 0 Å². The molecule has 1 aliphatic heterocycles. The van der Waals surface area contributed by atoms with Crippen molar-refractivity contribution in [2.75, 3.05) is 6.61 Å². The lowest BCUT2D eigenvalue weighted by atomic mass is 10.4. The minimum absolute atomic E-state index is 0.354. The molecule has 0 atom stereocenters. The van der Waals surface area contributed by atoms with Gasteiger partial charge in [0.2, 0.25) is 0 Å². The van der Waals surface area contributed by atoms with Crippen LogP contribution in [0.25, 0.3) is 0 Å². The van der Waals surface area contributed by atoms with Gasteiger partial charge in [0.05, 0.1) is 16.9 Å². The highest BCUT2D eigenvalue weighted by Gasteiger charge is 2.06. The van der Waals surface area contributed by atoms with E-state index in [2.05, 4.69) is 13.0 Å². The maximum absolute atomic E-state index is 11.1. The number of thioether (sulfide) groups is 2. The Labute approximate surface area is 86.8 Å². The van der Waals surface area contributed by atoms with Crippen LogP contribution in [-0.2, 0) is 9.53 Å². The molecule has 0 saturated carbocycles. The summed E-state index contributed by atoms with van der Waals surface area (Å²) in [5.41, 5.74) is 0. The molecule has 1 heterocycles. The second-order valence-corrected chi connectivity index (χ2v) is 4.50. The second-order valence-electron chi connectivity index (χ2n) is 2.41. The molecule has 0 saturated heterocycles. The molecule has 0 spiro atoms. The lowest BCUT2D eigenvalue weighted by Gasteiger charge is -1.99. The standard InChI is InChI=1S/C9H11O2S2/c1-2-3-4-11-8(10)7-9-12-5-6-13-9/h5-6H,2-4H2,1H3. The van der Waals surface area contributed by atoms with Gasteiger partial charge in [-0.2, -0.15) is 0 Å². The zero-order chi connectivity index (χ0) is 9.52. The molecule has 1 rings (SSSR count). The highest BCUT2D eigenvalue weighted by atomic mass is 32.2. The number of carbonyl (C=O) groups excluding carboxylic acids is 1. The first-order valence-electron chi connectivity index (χ1n) is 4.12. The predicted octanol–water partition coefficient (Wildman–Crippen LogP) is 2.93. The fraction of sp³-hybridized carbons (Fsp3) is 0.444. The SMILES string of the molecule is CCCCOC(=O)[C]=C1SC=CS1. The average Bonchev–Trinajstić information content (AvgIpc) is 2.57. The van der Waals surface area contributed by atoms with Crippen molar-refractivity contribution in [2.24, 2.45) is 0 Å². The van der Waals surface area contributed by atoms with E-state index in [0.717, 1.165) is 17.1 Å². The first kappa shape index (κ1) is 10.7. The fourth-order valence-electron chi connectivity index (χ4n) is 0.694. The molecule has 71 valence electrons. The summed E-state index contributed by atoms with van der Waals surface area (Å²) in [6, 6.07) is 0. The second kappa shape index (κ2) is 6.16. The van der Waals surface area contributed by atoms with Crippen molar-refractivity contribution in [3.8, 4) is 0 Å². The molecule has 1 aliphatic rings. The molecule has 13 heavy (non-hydrogen) atoms. The van der Waals surface area contributed by atoms with E-state index in [1.807, 2.05) is 10.8 Å². The predicted molar refractivity (Wildman–Crippen MR) is 56.9 cm³/mol. The lowest BCUT2D eigenvalue weighted by Crippen LogP contribution is -2.02. The Kier molecular flexibility index (Phi) is 5.08. The van der Waals surface area contributed by atoms with Crippen LogP contribution in [0.2, 0.25) is 0 Å². The van der Waals surface area contributed by atoms with E-state index in [9.17, 15) is 4.79 Å². The number of rotatable bonds is 4. The van der Waals surface area contributed by atoms with Gasteiger partial charge in [0.25, 0.3) is 0 Å². The Hall–Kier alpha value is -0.350. The molecule has 0 N–H and O–H groups in total. The first-order chi connectivity index (χ1) is 6.33. The number of hydrogen-bond acceptors (Lipinski definition) is 4. The van der Waals surface area contributed by atoms with Crippen LogP contribution in [0.5, 0.6) is 0 Å². The van der Waals surface area contributed by atoms with Crippen LogP contribution in [-0.4, -0.2) is 12.6 Å². The molecule has 1 radical (unpaired) electrons. The summed E-state index contributed by atoms with van der Waals surface area (Å²) in [5, 5.41) is 3.85. The molecule has 2 nitrogen and oxygen atoms in total. The third-order valence-corrected chi connectivity index (χ3v) is 3.27.